The summed E-state index contributed by atoms with van der Waals surface area (Å²) in [7, 11) is 0. The molecule has 2 aliphatic carbocycles. The Hall–Kier alpha value is -0.460. The molecule has 0 unspecified atom stereocenters. The smallest absolute Gasteiger partial charge is 0.201 e. The van der Waals surface area contributed by atoms with Gasteiger partial charge in [-0.3, -0.25) is 0 Å². The van der Waals surface area contributed by atoms with Crippen LogP contribution in [-0.4, -0.2) is 51.6 Å². The lowest BCUT2D eigenvalue weighted by molar-refractivity contribution is -0.336. The lowest BCUT2D eigenvalue weighted by atomic mass is 9.52. The highest BCUT2D eigenvalue weighted by Crippen LogP contribution is 2.73. The molecule has 0 amide bonds. The molecule has 3 aliphatic heterocycles. The topological polar surface area (TPSA) is 82.5 Å². The Morgan fingerprint density at radius 2 is 1.92 bits per heavy atom. The largest absolute Gasteiger partial charge is 0.393 e. The van der Waals surface area contributed by atoms with E-state index < -0.39 is 22.9 Å². The van der Waals surface area contributed by atoms with Crippen LogP contribution in [0.25, 0.3) is 0 Å². The Morgan fingerprint density at radius 3 is 2.56 bits per heavy atom. The highest BCUT2D eigenvalue weighted by Gasteiger charge is 2.85. The number of aliphatic hydroxyl groups excluding tert-OH is 2. The summed E-state index contributed by atoms with van der Waals surface area (Å²) in [5, 5.41) is 32.3. The predicted molar refractivity (Wildman–Crippen MR) is 90.6 cm³/mol. The Labute approximate surface area is 149 Å². The van der Waals surface area contributed by atoms with Gasteiger partial charge in [0, 0.05) is 10.8 Å². The van der Waals surface area contributed by atoms with Crippen LogP contribution in [0, 0.1) is 22.7 Å². The van der Waals surface area contributed by atoms with Crippen molar-refractivity contribution in [3.05, 3.63) is 11.1 Å². The van der Waals surface area contributed by atoms with E-state index in [2.05, 4.69) is 27.7 Å². The molecule has 5 nitrogen and oxygen atoms in total. The molecular formula is C20H30O5. The zero-order valence-electron chi connectivity index (χ0n) is 15.6. The van der Waals surface area contributed by atoms with Crippen molar-refractivity contribution >= 4 is 0 Å². The van der Waals surface area contributed by atoms with Crippen molar-refractivity contribution in [1.82, 2.24) is 0 Å². The summed E-state index contributed by atoms with van der Waals surface area (Å²) in [6.45, 7) is 8.61. The number of rotatable bonds is 2. The van der Waals surface area contributed by atoms with Crippen LogP contribution in [0.1, 0.15) is 53.4 Å². The average Bonchev–Trinajstić information content (AvgIpc) is 3.20. The lowest BCUT2D eigenvalue weighted by Crippen LogP contribution is -2.62. The fourth-order valence-electron chi connectivity index (χ4n) is 6.72. The molecule has 5 rings (SSSR count). The van der Waals surface area contributed by atoms with Gasteiger partial charge in [0.2, 0.25) is 5.79 Å². The van der Waals surface area contributed by atoms with E-state index in [1.165, 1.54) is 11.1 Å². The van der Waals surface area contributed by atoms with E-state index in [-0.39, 0.29) is 30.1 Å². The summed E-state index contributed by atoms with van der Waals surface area (Å²) in [5.74, 6) is -0.779. The van der Waals surface area contributed by atoms with Gasteiger partial charge in [-0.2, -0.15) is 0 Å². The second-order valence-electron chi connectivity index (χ2n) is 9.85. The van der Waals surface area contributed by atoms with Crippen LogP contribution in [-0.2, 0) is 9.47 Å². The Bertz CT molecular complexity index is 673. The van der Waals surface area contributed by atoms with Gasteiger partial charge in [-0.15, -0.1) is 0 Å². The van der Waals surface area contributed by atoms with Crippen molar-refractivity contribution in [1.29, 1.82) is 0 Å². The third-order valence-electron chi connectivity index (χ3n) is 8.55. The molecule has 0 aromatic rings. The lowest BCUT2D eigenvalue weighted by Gasteiger charge is -2.58. The molecule has 0 aromatic carbocycles. The van der Waals surface area contributed by atoms with Gasteiger partial charge in [-0.1, -0.05) is 38.8 Å². The van der Waals surface area contributed by atoms with Crippen molar-refractivity contribution in [3.8, 4) is 0 Å². The van der Waals surface area contributed by atoms with E-state index in [0.29, 0.717) is 5.92 Å². The molecule has 8 atom stereocenters. The molecule has 0 aromatic heterocycles. The number of ether oxygens (including phenoxy) is 2. The molecule has 3 saturated heterocycles. The fraction of sp³-hybridized carbons (Fsp3) is 0.900. The zero-order chi connectivity index (χ0) is 18.0. The van der Waals surface area contributed by atoms with Gasteiger partial charge in [0.15, 0.2) is 0 Å². The Morgan fingerprint density at radius 1 is 1.20 bits per heavy atom. The SMILES string of the molecule is CC(C)C1=C2[C@H]3C[C@H]4O[C@](O)([C@@H]5O[C@@]54CO)[C@]3(C)CC[C@@]2(C)[C@H](O)C1. The van der Waals surface area contributed by atoms with Crippen LogP contribution in [0.4, 0.5) is 0 Å². The van der Waals surface area contributed by atoms with Gasteiger partial charge in [-0.05, 0) is 37.5 Å². The van der Waals surface area contributed by atoms with Crippen LogP contribution < -0.4 is 0 Å². The third kappa shape index (κ3) is 1.60. The van der Waals surface area contributed by atoms with Crippen LogP contribution in [0.15, 0.2) is 11.1 Å². The van der Waals surface area contributed by atoms with Crippen molar-refractivity contribution in [3.63, 3.8) is 0 Å². The molecule has 140 valence electrons. The van der Waals surface area contributed by atoms with E-state index in [1.54, 1.807) is 0 Å². The molecule has 4 fully saturated rings. The van der Waals surface area contributed by atoms with Crippen LogP contribution in [0.5, 0.6) is 0 Å². The summed E-state index contributed by atoms with van der Waals surface area (Å²) in [6.07, 6.45) is 2.11. The summed E-state index contributed by atoms with van der Waals surface area (Å²) < 4.78 is 11.9. The molecule has 0 radical (unpaired) electrons. The van der Waals surface area contributed by atoms with Crippen LogP contribution in [0.3, 0.4) is 0 Å². The minimum atomic E-state index is -1.34. The number of hydrogen-bond acceptors (Lipinski definition) is 5. The van der Waals surface area contributed by atoms with Gasteiger partial charge in [0.05, 0.1) is 18.8 Å². The average molecular weight is 350 g/mol. The van der Waals surface area contributed by atoms with E-state index in [1.807, 2.05) is 0 Å². The standard InChI is InChI=1S/C20H30O5/c1-10(2)11-7-13(22)17(3)5-6-18(4)12(15(11)17)8-14-19(9-21)16(25-19)20(18,23)24-14/h10,12-14,16,21-23H,5-9H2,1-4H3/t12-,13-,14-,16-,17+,18-,19-,20-/m1/s1. The summed E-state index contributed by atoms with van der Waals surface area (Å²) in [4.78, 5) is 0. The molecule has 2 bridgehead atoms. The van der Waals surface area contributed by atoms with Gasteiger partial charge in [-0.25, -0.2) is 0 Å². The normalized spacial score (nSPS) is 59.0. The molecule has 3 heterocycles. The fourth-order valence-corrected chi connectivity index (χ4v) is 6.72. The molecule has 0 spiro atoms. The Kier molecular flexibility index (Phi) is 3.01. The second kappa shape index (κ2) is 4.50. The Balaban J connectivity index is 1.66. The molecular weight excluding hydrogens is 320 g/mol. The molecule has 1 saturated carbocycles. The minimum Gasteiger partial charge on any atom is -0.393 e. The molecule has 25 heavy (non-hydrogen) atoms. The maximum Gasteiger partial charge on any atom is 0.201 e. The molecule has 5 heteroatoms. The highest BCUT2D eigenvalue weighted by molar-refractivity contribution is 5.41. The maximum absolute atomic E-state index is 11.5. The van der Waals surface area contributed by atoms with E-state index in [4.69, 9.17) is 9.47 Å². The molecule has 5 aliphatic rings. The van der Waals surface area contributed by atoms with Gasteiger partial charge < -0.3 is 24.8 Å². The van der Waals surface area contributed by atoms with Crippen molar-refractivity contribution in [2.75, 3.05) is 6.61 Å². The first kappa shape index (κ1) is 16.7. The van der Waals surface area contributed by atoms with Crippen molar-refractivity contribution < 1.29 is 24.8 Å². The van der Waals surface area contributed by atoms with Gasteiger partial charge in [0.1, 0.15) is 11.7 Å². The first-order chi connectivity index (χ1) is 11.6. The molecule has 3 N–H and O–H groups in total. The van der Waals surface area contributed by atoms with Crippen LogP contribution >= 0.6 is 0 Å². The predicted octanol–water partition coefficient (Wildman–Crippen LogP) is 1.75. The second-order valence-corrected chi connectivity index (χ2v) is 9.85. The zero-order valence-corrected chi connectivity index (χ0v) is 15.6. The van der Waals surface area contributed by atoms with Gasteiger partial charge in [0.25, 0.3) is 0 Å². The van der Waals surface area contributed by atoms with E-state index in [9.17, 15) is 15.3 Å². The quantitative estimate of drug-likeness (QED) is 0.522. The van der Waals surface area contributed by atoms with E-state index >= 15 is 0 Å². The number of fused-ring (bicyclic) bond motifs is 9. The first-order valence-corrected chi connectivity index (χ1v) is 9.74. The first-order valence-electron chi connectivity index (χ1n) is 9.74. The summed E-state index contributed by atoms with van der Waals surface area (Å²) in [6, 6.07) is 0. The summed E-state index contributed by atoms with van der Waals surface area (Å²) >= 11 is 0. The number of epoxide rings is 1. The van der Waals surface area contributed by atoms with Gasteiger partial charge >= 0.3 is 0 Å². The van der Waals surface area contributed by atoms with Crippen molar-refractivity contribution in [2.24, 2.45) is 22.7 Å². The van der Waals surface area contributed by atoms with Crippen molar-refractivity contribution in [2.45, 2.75) is 83.1 Å². The minimum absolute atomic E-state index is 0.108. The maximum atomic E-state index is 11.5. The van der Waals surface area contributed by atoms with E-state index in [0.717, 1.165) is 25.7 Å². The summed E-state index contributed by atoms with van der Waals surface area (Å²) in [5.41, 5.74) is 1.37. The number of hydrogen-bond donors (Lipinski definition) is 3. The number of aliphatic hydroxyl groups is 3. The monoisotopic (exact) mass is 350 g/mol. The highest BCUT2D eigenvalue weighted by atomic mass is 16.8. The third-order valence-corrected chi connectivity index (χ3v) is 8.55. The van der Waals surface area contributed by atoms with Crippen LogP contribution in [0.2, 0.25) is 0 Å².